The number of hydrogen-bond donors (Lipinski definition) is 1. The summed E-state index contributed by atoms with van der Waals surface area (Å²) < 4.78 is 3.48. The summed E-state index contributed by atoms with van der Waals surface area (Å²) in [6.45, 7) is 3.89. The first-order chi connectivity index (χ1) is 10.1. The summed E-state index contributed by atoms with van der Waals surface area (Å²) in [5.74, 6) is 0.963. The number of nitrogens with zero attached hydrogens (tertiary/aromatic N) is 4. The van der Waals surface area contributed by atoms with Crippen molar-refractivity contribution in [3.8, 4) is 0 Å². The van der Waals surface area contributed by atoms with Crippen molar-refractivity contribution in [2.45, 2.75) is 13.8 Å². The number of hydrogen-bond acceptors (Lipinski definition) is 3. The number of benzene rings is 1. The number of rotatable bonds is 2. The lowest BCUT2D eigenvalue weighted by Crippen LogP contribution is -2.31. The highest BCUT2D eigenvalue weighted by Crippen LogP contribution is 2.07. The molecule has 3 aromatic rings. The van der Waals surface area contributed by atoms with E-state index in [0.717, 1.165) is 11.4 Å². The lowest BCUT2D eigenvalue weighted by atomic mass is 10.2. The number of anilines is 1. The molecule has 0 aliphatic heterocycles. The predicted molar refractivity (Wildman–Crippen MR) is 78.0 cm³/mol. The lowest BCUT2D eigenvalue weighted by molar-refractivity contribution is -0.507. The van der Waals surface area contributed by atoms with Gasteiger partial charge in [-0.05, 0) is 37.1 Å². The molecule has 0 unspecified atom stereocenters. The van der Waals surface area contributed by atoms with Crippen LogP contribution in [0.25, 0.3) is 5.78 Å². The quantitative estimate of drug-likeness (QED) is 0.723. The van der Waals surface area contributed by atoms with Gasteiger partial charge in [0.2, 0.25) is 0 Å². The number of aryl methyl sites for hydroxylation is 3. The van der Waals surface area contributed by atoms with Gasteiger partial charge < -0.3 is 0 Å². The van der Waals surface area contributed by atoms with Crippen LogP contribution in [0, 0.1) is 13.8 Å². The van der Waals surface area contributed by atoms with Crippen LogP contribution in [0.15, 0.2) is 36.4 Å². The summed E-state index contributed by atoms with van der Waals surface area (Å²) in [5, 5.41) is 7.18. The highest BCUT2D eigenvalue weighted by Gasteiger charge is 2.22. The third-order valence-electron chi connectivity index (χ3n) is 3.25. The largest absolute Gasteiger partial charge is 0.361 e. The summed E-state index contributed by atoms with van der Waals surface area (Å²) in [7, 11) is 1.80. The molecular weight excluding hydrogens is 266 g/mol. The molecule has 106 valence electrons. The van der Waals surface area contributed by atoms with E-state index in [4.69, 9.17) is 0 Å². The van der Waals surface area contributed by atoms with Crippen LogP contribution < -0.4 is 9.72 Å². The zero-order valence-electron chi connectivity index (χ0n) is 12.2. The standard InChI is InChI=1S/C15H15N5O/c1-10-9-11(2)20-14(18-19(3)15(20)16-10)17-13(21)12-7-5-4-6-8-12/h4-9H,1-3H3/p+1. The molecule has 0 aliphatic carbocycles. The molecule has 1 amide bonds. The third kappa shape index (κ3) is 2.35. The predicted octanol–water partition coefficient (Wildman–Crippen LogP) is 1.42. The fourth-order valence-corrected chi connectivity index (χ4v) is 2.32. The van der Waals surface area contributed by atoms with Gasteiger partial charge >= 0.3 is 11.7 Å². The minimum absolute atomic E-state index is 0.192. The number of carbonyl (C=O) groups is 1. The molecule has 0 radical (unpaired) electrons. The van der Waals surface area contributed by atoms with Crippen molar-refractivity contribution in [2.24, 2.45) is 7.05 Å². The maximum atomic E-state index is 12.3. The highest BCUT2D eigenvalue weighted by molar-refractivity contribution is 6.02. The molecule has 0 fully saturated rings. The molecule has 3 rings (SSSR count). The minimum Gasteiger partial charge on any atom is -0.258 e. The van der Waals surface area contributed by atoms with Crippen molar-refractivity contribution in [3.63, 3.8) is 0 Å². The molecule has 0 saturated heterocycles. The molecule has 6 heteroatoms. The maximum absolute atomic E-state index is 12.3. The average Bonchev–Trinajstić information content (AvgIpc) is 2.76. The first-order valence-electron chi connectivity index (χ1n) is 6.65. The first kappa shape index (κ1) is 13.2. The van der Waals surface area contributed by atoms with Gasteiger partial charge in [-0.1, -0.05) is 18.2 Å². The van der Waals surface area contributed by atoms with E-state index in [1.807, 2.05) is 42.5 Å². The normalized spacial score (nSPS) is 10.8. The van der Waals surface area contributed by atoms with Crippen LogP contribution in [0.5, 0.6) is 0 Å². The van der Waals surface area contributed by atoms with Crippen LogP contribution in [0.1, 0.15) is 21.7 Å². The number of aromatic nitrogens is 4. The van der Waals surface area contributed by atoms with E-state index in [1.165, 1.54) is 0 Å². The van der Waals surface area contributed by atoms with Crippen LogP contribution >= 0.6 is 0 Å². The zero-order chi connectivity index (χ0) is 15.0. The topological polar surface area (TPSA) is 63.9 Å². The van der Waals surface area contributed by atoms with E-state index in [1.54, 1.807) is 23.9 Å². The molecule has 1 aromatic carbocycles. The maximum Gasteiger partial charge on any atom is 0.361 e. The molecule has 21 heavy (non-hydrogen) atoms. The molecule has 2 heterocycles. The van der Waals surface area contributed by atoms with Crippen LogP contribution in [-0.2, 0) is 7.05 Å². The molecule has 6 nitrogen and oxygen atoms in total. The second kappa shape index (κ2) is 4.97. The van der Waals surface area contributed by atoms with Gasteiger partial charge in [-0.25, -0.2) is 5.32 Å². The van der Waals surface area contributed by atoms with Crippen LogP contribution in [-0.4, -0.2) is 20.7 Å². The van der Waals surface area contributed by atoms with Crippen molar-refractivity contribution < 1.29 is 9.20 Å². The first-order valence-corrected chi connectivity index (χ1v) is 6.65. The van der Waals surface area contributed by atoms with Gasteiger partial charge in [-0.3, -0.25) is 4.79 Å². The van der Waals surface area contributed by atoms with Crippen molar-refractivity contribution >= 4 is 17.6 Å². The Bertz CT molecular complexity index is 823. The van der Waals surface area contributed by atoms with E-state index in [0.29, 0.717) is 17.3 Å². The van der Waals surface area contributed by atoms with Gasteiger partial charge in [0.05, 0.1) is 18.4 Å². The molecule has 1 N–H and O–H groups in total. The fourth-order valence-electron chi connectivity index (χ4n) is 2.32. The van der Waals surface area contributed by atoms with Gasteiger partial charge in [0, 0.05) is 5.56 Å². The summed E-state index contributed by atoms with van der Waals surface area (Å²) in [5.41, 5.74) is 2.47. The summed E-state index contributed by atoms with van der Waals surface area (Å²) in [6, 6.07) is 11.0. The lowest BCUT2D eigenvalue weighted by Gasteiger charge is -2.00. The van der Waals surface area contributed by atoms with Crippen molar-refractivity contribution in [1.82, 2.24) is 14.8 Å². The Hall–Kier alpha value is -2.76. The Morgan fingerprint density at radius 1 is 1.24 bits per heavy atom. The Labute approximate surface area is 122 Å². The van der Waals surface area contributed by atoms with Gasteiger partial charge in [0.15, 0.2) is 0 Å². The van der Waals surface area contributed by atoms with E-state index in [9.17, 15) is 4.79 Å². The van der Waals surface area contributed by atoms with Crippen LogP contribution in [0.3, 0.4) is 0 Å². The van der Waals surface area contributed by atoms with Crippen LogP contribution in [0.4, 0.5) is 5.95 Å². The van der Waals surface area contributed by atoms with E-state index in [-0.39, 0.29) is 5.91 Å². The monoisotopic (exact) mass is 282 g/mol. The van der Waals surface area contributed by atoms with Gasteiger partial charge in [-0.2, -0.15) is 4.40 Å². The summed E-state index contributed by atoms with van der Waals surface area (Å²) in [6.07, 6.45) is 0. The summed E-state index contributed by atoms with van der Waals surface area (Å²) in [4.78, 5) is 16.7. The number of nitrogens with one attached hydrogen (secondary N) is 1. The van der Waals surface area contributed by atoms with Crippen molar-refractivity contribution in [2.75, 3.05) is 5.32 Å². The second-order valence-corrected chi connectivity index (χ2v) is 4.94. The van der Waals surface area contributed by atoms with Crippen molar-refractivity contribution in [1.29, 1.82) is 0 Å². The molecule has 0 bridgehead atoms. The molecule has 0 spiro atoms. The Morgan fingerprint density at radius 3 is 2.67 bits per heavy atom. The van der Waals surface area contributed by atoms with Gasteiger partial charge in [0.1, 0.15) is 0 Å². The Balaban J connectivity index is 2.04. The molecule has 0 atom stereocenters. The van der Waals surface area contributed by atoms with Gasteiger partial charge in [-0.15, -0.1) is 9.67 Å². The van der Waals surface area contributed by atoms with E-state index >= 15 is 0 Å². The zero-order valence-corrected chi connectivity index (χ0v) is 12.2. The number of amides is 1. The van der Waals surface area contributed by atoms with E-state index < -0.39 is 0 Å². The molecule has 0 aliphatic rings. The third-order valence-corrected chi connectivity index (χ3v) is 3.25. The molecule has 2 aromatic heterocycles. The minimum atomic E-state index is -0.192. The molecule has 0 saturated carbocycles. The highest BCUT2D eigenvalue weighted by atomic mass is 16.1. The Morgan fingerprint density at radius 2 is 1.95 bits per heavy atom. The number of fused-ring (bicyclic) bond motifs is 1. The summed E-state index contributed by atoms with van der Waals surface area (Å²) >= 11 is 0. The van der Waals surface area contributed by atoms with Crippen molar-refractivity contribution in [3.05, 3.63) is 53.3 Å². The second-order valence-electron chi connectivity index (χ2n) is 4.94. The molecular formula is C15H16N5O+. The number of carbonyl (C=O) groups excluding carboxylic acids is 1. The fraction of sp³-hybridized carbons (Fsp3) is 0.200. The Kier molecular flexibility index (Phi) is 3.13. The van der Waals surface area contributed by atoms with Crippen LogP contribution in [0.2, 0.25) is 0 Å². The van der Waals surface area contributed by atoms with E-state index in [2.05, 4.69) is 15.4 Å². The average molecular weight is 282 g/mol. The smallest absolute Gasteiger partial charge is 0.258 e. The van der Waals surface area contributed by atoms with Gasteiger partial charge in [0.25, 0.3) is 5.91 Å². The SMILES string of the molecule is Cc1cc(C)[n+]2c(NC(=O)c3ccccc3)nn(C)c2n1.